The van der Waals surface area contributed by atoms with E-state index in [4.69, 9.17) is 14.2 Å². The monoisotopic (exact) mass is 571 g/mol. The molecule has 11 heteroatoms. The summed E-state index contributed by atoms with van der Waals surface area (Å²) in [5.74, 6) is -2.45. The van der Waals surface area contributed by atoms with Crippen LogP contribution in [0.15, 0.2) is 0 Å². The van der Waals surface area contributed by atoms with Gasteiger partial charge >= 0.3 is 12.1 Å². The third-order valence-electron chi connectivity index (χ3n) is 7.84. The standard InChI is InChI=1S/C29H53N3O8/c1-12-18(4)24(31(9)26(34)23(17(2)3)30-28(37)40-29(6,7)8)21(38-10)16-22(33)32-15-13-14-20(32)25(39-11)19(5)27(35)36/h17-21,23-25H,12-16H2,1-11H3,(H,30,37)(H,35,36)/t18-,19+,20?,21+,23?,24-,25+/m0/s1. The van der Waals surface area contributed by atoms with Gasteiger partial charge in [0.2, 0.25) is 11.8 Å². The first-order chi connectivity index (χ1) is 18.5. The fourth-order valence-electron chi connectivity index (χ4n) is 5.46. The Bertz CT molecular complexity index is 859. The third-order valence-corrected chi connectivity index (χ3v) is 7.84. The van der Waals surface area contributed by atoms with Crippen LogP contribution in [0.2, 0.25) is 0 Å². The number of carbonyl (C=O) groups excluding carboxylic acids is 3. The number of rotatable bonds is 14. The quantitative estimate of drug-likeness (QED) is 0.323. The molecule has 1 heterocycles. The van der Waals surface area contributed by atoms with E-state index in [0.717, 1.165) is 12.8 Å². The molecule has 1 aliphatic heterocycles. The van der Waals surface area contributed by atoms with Crippen molar-refractivity contribution >= 4 is 23.9 Å². The largest absolute Gasteiger partial charge is 0.481 e. The first-order valence-corrected chi connectivity index (χ1v) is 14.3. The summed E-state index contributed by atoms with van der Waals surface area (Å²) in [5.41, 5.74) is -0.709. The van der Waals surface area contributed by atoms with Gasteiger partial charge in [-0.25, -0.2) is 4.79 Å². The number of hydrogen-bond acceptors (Lipinski definition) is 7. The first-order valence-electron chi connectivity index (χ1n) is 14.3. The van der Waals surface area contributed by atoms with Gasteiger partial charge in [-0.15, -0.1) is 0 Å². The molecule has 11 nitrogen and oxygen atoms in total. The van der Waals surface area contributed by atoms with Crippen molar-refractivity contribution in [3.8, 4) is 0 Å². The Labute approximate surface area is 240 Å². The SMILES string of the molecule is CC[C@H](C)[C@@H]([C@@H](CC(=O)N1CCCC1[C@H](OC)[C@@H](C)C(=O)O)OC)N(C)C(=O)C(NC(=O)OC(C)(C)C)C(C)C. The van der Waals surface area contributed by atoms with E-state index in [1.807, 2.05) is 27.7 Å². The van der Waals surface area contributed by atoms with Gasteiger partial charge in [-0.2, -0.15) is 0 Å². The number of alkyl carbamates (subject to hydrolysis) is 1. The lowest BCUT2D eigenvalue weighted by Gasteiger charge is -2.40. The molecule has 0 radical (unpaired) electrons. The highest BCUT2D eigenvalue weighted by Crippen LogP contribution is 2.29. The molecule has 40 heavy (non-hydrogen) atoms. The molecule has 0 aromatic heterocycles. The van der Waals surface area contributed by atoms with Crippen LogP contribution in [0.25, 0.3) is 0 Å². The second-order valence-corrected chi connectivity index (χ2v) is 12.3. The van der Waals surface area contributed by atoms with Crippen molar-refractivity contribution in [2.75, 3.05) is 27.8 Å². The van der Waals surface area contributed by atoms with E-state index in [1.165, 1.54) is 14.2 Å². The number of carboxylic acid groups (broad SMARTS) is 1. The molecule has 1 fully saturated rings. The van der Waals surface area contributed by atoms with E-state index >= 15 is 0 Å². The second kappa shape index (κ2) is 15.6. The van der Waals surface area contributed by atoms with Crippen molar-refractivity contribution in [1.82, 2.24) is 15.1 Å². The minimum absolute atomic E-state index is 0.0172. The number of carbonyl (C=O) groups is 4. The predicted molar refractivity (Wildman–Crippen MR) is 152 cm³/mol. The highest BCUT2D eigenvalue weighted by molar-refractivity contribution is 5.86. The fourth-order valence-corrected chi connectivity index (χ4v) is 5.46. The zero-order valence-corrected chi connectivity index (χ0v) is 26.4. The molecule has 1 saturated heterocycles. The summed E-state index contributed by atoms with van der Waals surface area (Å²) in [6, 6.07) is -1.64. The zero-order valence-electron chi connectivity index (χ0n) is 26.4. The van der Waals surface area contributed by atoms with Gasteiger partial charge in [0.05, 0.1) is 36.6 Å². The number of likely N-dealkylation sites (N-methyl/N-ethyl adjacent to an activating group) is 1. The van der Waals surface area contributed by atoms with Gasteiger partial charge in [-0.05, 0) is 52.4 Å². The van der Waals surface area contributed by atoms with Crippen molar-refractivity contribution in [2.24, 2.45) is 17.8 Å². The second-order valence-electron chi connectivity index (χ2n) is 12.3. The third kappa shape index (κ3) is 9.61. The Morgan fingerprint density at radius 3 is 2.12 bits per heavy atom. The summed E-state index contributed by atoms with van der Waals surface area (Å²) in [5, 5.41) is 12.3. The predicted octanol–water partition coefficient (Wildman–Crippen LogP) is 3.54. The van der Waals surface area contributed by atoms with Gasteiger partial charge in [0, 0.05) is 27.8 Å². The molecule has 232 valence electrons. The normalized spacial score (nSPS) is 20.3. The lowest BCUT2D eigenvalue weighted by Crippen LogP contribution is -2.58. The Hall–Kier alpha value is -2.40. The van der Waals surface area contributed by atoms with E-state index in [2.05, 4.69) is 5.32 Å². The molecule has 3 amide bonds. The molecule has 0 aromatic carbocycles. The molecule has 2 unspecified atom stereocenters. The number of methoxy groups -OCH3 is 2. The molecule has 0 aromatic rings. The van der Waals surface area contributed by atoms with Crippen LogP contribution in [0.5, 0.6) is 0 Å². The van der Waals surface area contributed by atoms with Gasteiger partial charge in [0.15, 0.2) is 0 Å². The molecule has 0 spiro atoms. The molecule has 0 aliphatic carbocycles. The number of hydrogen-bond donors (Lipinski definition) is 2. The molecule has 7 atom stereocenters. The zero-order chi connectivity index (χ0) is 30.9. The van der Waals surface area contributed by atoms with Crippen molar-refractivity contribution in [1.29, 1.82) is 0 Å². The van der Waals surface area contributed by atoms with Crippen molar-refractivity contribution in [3.05, 3.63) is 0 Å². The Morgan fingerprint density at radius 2 is 1.68 bits per heavy atom. The Kier molecular flexibility index (Phi) is 13.9. The molecule has 1 rings (SSSR count). The average molecular weight is 572 g/mol. The molecule has 2 N–H and O–H groups in total. The van der Waals surface area contributed by atoms with E-state index in [9.17, 15) is 24.3 Å². The topological polar surface area (TPSA) is 135 Å². The summed E-state index contributed by atoms with van der Waals surface area (Å²) in [6.45, 7) is 15.1. The minimum atomic E-state index is -0.974. The number of aliphatic carboxylic acids is 1. The number of likely N-dealkylation sites (tertiary alicyclic amines) is 1. The van der Waals surface area contributed by atoms with Crippen LogP contribution in [0.4, 0.5) is 4.79 Å². The van der Waals surface area contributed by atoms with Crippen LogP contribution in [0.1, 0.15) is 81.1 Å². The van der Waals surface area contributed by atoms with Crippen LogP contribution in [0, 0.1) is 17.8 Å². The van der Waals surface area contributed by atoms with Crippen LogP contribution in [-0.4, -0.2) is 103 Å². The van der Waals surface area contributed by atoms with Crippen molar-refractivity contribution in [2.45, 2.75) is 117 Å². The highest BCUT2D eigenvalue weighted by atomic mass is 16.6. The Morgan fingerprint density at radius 1 is 1.07 bits per heavy atom. The molecular formula is C29H53N3O8. The van der Waals surface area contributed by atoms with Crippen LogP contribution >= 0.6 is 0 Å². The van der Waals surface area contributed by atoms with Gasteiger partial charge in [-0.1, -0.05) is 34.1 Å². The van der Waals surface area contributed by atoms with E-state index < -0.39 is 47.9 Å². The number of carboxylic acids is 1. The van der Waals surface area contributed by atoms with Gasteiger partial charge < -0.3 is 34.4 Å². The smallest absolute Gasteiger partial charge is 0.408 e. The van der Waals surface area contributed by atoms with Gasteiger partial charge in [-0.3, -0.25) is 14.4 Å². The highest BCUT2D eigenvalue weighted by Gasteiger charge is 2.42. The van der Waals surface area contributed by atoms with Crippen LogP contribution in [-0.2, 0) is 28.6 Å². The molecular weight excluding hydrogens is 518 g/mol. The molecule has 0 bridgehead atoms. The van der Waals surface area contributed by atoms with Crippen molar-refractivity contribution in [3.63, 3.8) is 0 Å². The summed E-state index contributed by atoms with van der Waals surface area (Å²) >= 11 is 0. The van der Waals surface area contributed by atoms with Gasteiger partial charge in [0.25, 0.3) is 0 Å². The maximum Gasteiger partial charge on any atom is 0.408 e. The fraction of sp³-hybridized carbons (Fsp3) is 0.862. The van der Waals surface area contributed by atoms with E-state index in [1.54, 1.807) is 44.5 Å². The minimum Gasteiger partial charge on any atom is -0.481 e. The number of nitrogens with zero attached hydrogens (tertiary/aromatic N) is 2. The number of nitrogens with one attached hydrogen (secondary N) is 1. The molecule has 0 saturated carbocycles. The summed E-state index contributed by atoms with van der Waals surface area (Å²) in [6.07, 6.45) is 0.226. The summed E-state index contributed by atoms with van der Waals surface area (Å²) < 4.78 is 16.8. The summed E-state index contributed by atoms with van der Waals surface area (Å²) in [4.78, 5) is 54.9. The number of amides is 3. The first kappa shape index (κ1) is 35.6. The van der Waals surface area contributed by atoms with E-state index in [0.29, 0.717) is 13.0 Å². The number of ether oxygens (including phenoxy) is 3. The lowest BCUT2D eigenvalue weighted by atomic mass is 9.89. The van der Waals surface area contributed by atoms with E-state index in [-0.39, 0.29) is 36.1 Å². The molecule has 1 aliphatic rings. The lowest BCUT2D eigenvalue weighted by molar-refractivity contribution is -0.152. The van der Waals surface area contributed by atoms with Crippen LogP contribution in [0.3, 0.4) is 0 Å². The van der Waals surface area contributed by atoms with Crippen LogP contribution < -0.4 is 5.32 Å². The maximum atomic E-state index is 13.8. The average Bonchev–Trinajstić information content (AvgIpc) is 3.34. The maximum absolute atomic E-state index is 13.8. The van der Waals surface area contributed by atoms with Crippen molar-refractivity contribution < 1.29 is 38.5 Å². The summed E-state index contributed by atoms with van der Waals surface area (Å²) in [7, 11) is 4.67. The Balaban J connectivity index is 3.20. The van der Waals surface area contributed by atoms with Gasteiger partial charge in [0.1, 0.15) is 11.6 Å².